The number of hydrogen-bond donors (Lipinski definition) is 3. The summed E-state index contributed by atoms with van der Waals surface area (Å²) in [5.41, 5.74) is 6.06. The van der Waals surface area contributed by atoms with Crippen LogP contribution in [0.4, 0.5) is 26.0 Å². The number of ether oxygens (including phenoxy) is 4. The highest BCUT2D eigenvalue weighted by atomic mass is 16.8. The van der Waals surface area contributed by atoms with Gasteiger partial charge in [-0.15, -0.1) is 0 Å². The van der Waals surface area contributed by atoms with Gasteiger partial charge in [0.15, 0.2) is 0 Å². The highest BCUT2D eigenvalue weighted by Gasteiger charge is 2.26. The van der Waals surface area contributed by atoms with Crippen molar-refractivity contribution in [2.75, 3.05) is 49.2 Å². The third kappa shape index (κ3) is 14.7. The van der Waals surface area contributed by atoms with E-state index in [0.29, 0.717) is 18.4 Å². The molecule has 2 fully saturated rings. The number of pyridine rings is 4. The van der Waals surface area contributed by atoms with Gasteiger partial charge in [-0.1, -0.05) is 24.3 Å². The number of aromatic nitrogens is 6. The summed E-state index contributed by atoms with van der Waals surface area (Å²) in [4.78, 5) is 61.3. The van der Waals surface area contributed by atoms with Crippen molar-refractivity contribution in [3.8, 4) is 22.3 Å². The number of nitrogens with one attached hydrogen (secondary N) is 1. The Balaban J connectivity index is 0.000000167. The molecule has 17 heteroatoms. The van der Waals surface area contributed by atoms with Crippen molar-refractivity contribution in [3.05, 3.63) is 110 Å². The molecular weight excluding hydrogens is 989 g/mol. The predicted octanol–water partition coefficient (Wildman–Crippen LogP) is 12.9. The molecule has 412 valence electrons. The average Bonchev–Trinajstić information content (AvgIpc) is 4.10. The van der Waals surface area contributed by atoms with E-state index in [4.69, 9.17) is 29.3 Å². The molecule has 2 saturated heterocycles. The van der Waals surface area contributed by atoms with Gasteiger partial charge in [0.2, 0.25) is 0 Å². The van der Waals surface area contributed by atoms with Crippen molar-refractivity contribution in [3.63, 3.8) is 0 Å². The quantitative estimate of drug-likeness (QED) is 0.0735. The standard InChI is InChI=1S/C28H32N4O3.C23H24N4O.C10H18O5/c1-28(2,3)35-27(34)32-24-8-12-29-18-23(24)22-6-4-20(16-25(22)32)21-5-7-26(30-17-21)31-13-9-19(10-14-31)11-15-33;28-12-8-16-6-10-27(11-7-16)23-4-2-18(14-25-23)17-1-3-19-20-15-24-9-5-21(20)26-22(19)13-17;1-9(2,3)14-7(11)13-8(12)15-10(4,5)6/h4-8,12,16-19,33H,9-11,13-15H2,1-3H3;1-5,9,13-16,26,28H,6-8,10-12H2;1-6H3. The monoisotopic (exact) mass is 1060 g/mol. The molecule has 0 unspecified atom stereocenters. The number of benzene rings is 2. The third-order valence-electron chi connectivity index (χ3n) is 13.6. The summed E-state index contributed by atoms with van der Waals surface area (Å²) in [5, 5.41) is 22.5. The molecule has 0 aliphatic carbocycles. The van der Waals surface area contributed by atoms with Gasteiger partial charge < -0.3 is 43.9 Å². The van der Waals surface area contributed by atoms with Crippen molar-refractivity contribution in [2.45, 2.75) is 118 Å². The van der Waals surface area contributed by atoms with E-state index in [9.17, 15) is 19.5 Å². The van der Waals surface area contributed by atoms with Gasteiger partial charge >= 0.3 is 18.4 Å². The number of aliphatic hydroxyl groups is 2. The summed E-state index contributed by atoms with van der Waals surface area (Å²) in [6.45, 7) is 20.2. The van der Waals surface area contributed by atoms with Crippen LogP contribution in [0.3, 0.4) is 0 Å². The first-order valence-corrected chi connectivity index (χ1v) is 26.9. The Hall–Kier alpha value is -7.63. The maximum atomic E-state index is 13.2. The first-order valence-electron chi connectivity index (χ1n) is 26.9. The van der Waals surface area contributed by atoms with Crippen LogP contribution in [-0.2, 0) is 18.9 Å². The number of H-pyrrole nitrogens is 1. The molecule has 3 N–H and O–H groups in total. The lowest BCUT2D eigenvalue weighted by Gasteiger charge is -2.32. The summed E-state index contributed by atoms with van der Waals surface area (Å²) in [7, 11) is 0. The molecule has 2 aromatic carbocycles. The molecule has 6 aromatic heterocycles. The molecule has 8 aromatic rings. The molecule has 17 nitrogen and oxygen atoms in total. The SMILES string of the molecule is CC(C)(C)OC(=O)OC(=O)OC(C)(C)C.CC(C)(C)OC(=O)n1c2ccncc2c2ccc(-c3ccc(N4CCC(CCO)CC4)nc3)cc21.OCCC1CCN(c2ccc(-c3ccc4c(c3)[nH]c3ccncc34)cn2)CC1. The van der Waals surface area contributed by atoms with Gasteiger partial charge in [0, 0.05) is 120 Å². The first-order chi connectivity index (χ1) is 37.1. The number of anilines is 2. The number of rotatable bonds is 8. The molecule has 8 heterocycles. The van der Waals surface area contributed by atoms with Gasteiger partial charge in [-0.2, -0.15) is 0 Å². The minimum atomic E-state index is -1.06. The van der Waals surface area contributed by atoms with Gasteiger partial charge in [-0.25, -0.2) is 28.9 Å². The van der Waals surface area contributed by atoms with Crippen LogP contribution < -0.4 is 9.80 Å². The van der Waals surface area contributed by atoms with Crippen LogP contribution in [0.2, 0.25) is 0 Å². The molecule has 2 aliphatic heterocycles. The van der Waals surface area contributed by atoms with Crippen LogP contribution in [0.25, 0.3) is 65.9 Å². The predicted molar refractivity (Wildman–Crippen MR) is 306 cm³/mol. The van der Waals surface area contributed by atoms with E-state index in [-0.39, 0.29) is 6.61 Å². The number of nitrogens with zero attached hydrogens (tertiary/aromatic N) is 7. The number of fused-ring (bicyclic) bond motifs is 6. The van der Waals surface area contributed by atoms with Gasteiger partial charge in [0.25, 0.3) is 0 Å². The second-order valence-electron chi connectivity index (χ2n) is 23.0. The number of aliphatic hydroxyl groups excluding tert-OH is 2. The first kappa shape index (κ1) is 56.6. The molecule has 0 spiro atoms. The summed E-state index contributed by atoms with van der Waals surface area (Å²) in [5.74, 6) is 3.28. The number of aromatic amines is 1. The second kappa shape index (κ2) is 24.4. The summed E-state index contributed by atoms with van der Waals surface area (Å²) in [6.07, 6.45) is 14.8. The largest absolute Gasteiger partial charge is 0.519 e. The maximum absolute atomic E-state index is 13.2. The number of carbonyl (C=O) groups is 3. The highest BCUT2D eigenvalue weighted by molar-refractivity contribution is 6.13. The van der Waals surface area contributed by atoms with Crippen LogP contribution in [0.15, 0.2) is 110 Å². The average molecular weight is 1060 g/mol. The molecule has 78 heavy (non-hydrogen) atoms. The Morgan fingerprint density at radius 2 is 1.00 bits per heavy atom. The summed E-state index contributed by atoms with van der Waals surface area (Å²) in [6, 6.07) is 24.9. The zero-order chi connectivity index (χ0) is 55.8. The molecule has 0 amide bonds. The van der Waals surface area contributed by atoms with E-state index in [0.717, 1.165) is 137 Å². The van der Waals surface area contributed by atoms with E-state index in [2.05, 4.69) is 78.0 Å². The Morgan fingerprint density at radius 3 is 1.49 bits per heavy atom. The molecule has 10 rings (SSSR count). The van der Waals surface area contributed by atoms with E-state index >= 15 is 0 Å². The minimum Gasteiger partial charge on any atom is -0.443 e. The highest BCUT2D eigenvalue weighted by Crippen LogP contribution is 2.35. The normalized spacial score (nSPS) is 14.7. The van der Waals surface area contributed by atoms with Crippen LogP contribution in [0.5, 0.6) is 0 Å². The van der Waals surface area contributed by atoms with Crippen molar-refractivity contribution >= 4 is 73.7 Å². The topological polar surface area (TPSA) is 207 Å². The zero-order valence-corrected chi connectivity index (χ0v) is 46.4. The summed E-state index contributed by atoms with van der Waals surface area (Å²) < 4.78 is 21.2. The zero-order valence-electron chi connectivity index (χ0n) is 46.4. The molecule has 0 saturated carbocycles. The van der Waals surface area contributed by atoms with E-state index < -0.39 is 35.2 Å². The van der Waals surface area contributed by atoms with E-state index in [1.165, 1.54) is 5.39 Å². The second-order valence-corrected chi connectivity index (χ2v) is 23.0. The molecule has 0 atom stereocenters. The molecule has 0 bridgehead atoms. The van der Waals surface area contributed by atoms with Crippen LogP contribution in [0, 0.1) is 11.8 Å². The fourth-order valence-corrected chi connectivity index (χ4v) is 9.84. The number of carbonyl (C=O) groups excluding carboxylic acids is 3. The smallest absolute Gasteiger partial charge is 0.443 e. The Morgan fingerprint density at radius 1 is 0.526 bits per heavy atom. The van der Waals surface area contributed by atoms with Crippen molar-refractivity contribution in [1.29, 1.82) is 0 Å². The van der Waals surface area contributed by atoms with Gasteiger partial charge in [-0.05, 0) is 172 Å². The van der Waals surface area contributed by atoms with Crippen LogP contribution in [0.1, 0.15) is 101 Å². The maximum Gasteiger partial charge on any atom is 0.519 e. The lowest BCUT2D eigenvalue weighted by atomic mass is 9.94. The third-order valence-corrected chi connectivity index (χ3v) is 13.6. The van der Waals surface area contributed by atoms with Crippen LogP contribution >= 0.6 is 0 Å². The fourth-order valence-electron chi connectivity index (χ4n) is 9.84. The molecule has 2 aliphatic rings. The van der Waals surface area contributed by atoms with Gasteiger partial charge in [0.05, 0.1) is 11.0 Å². The molecule has 0 radical (unpaired) electrons. The fraction of sp³-hybridized carbons (Fsp3) is 0.426. The Kier molecular flexibility index (Phi) is 17.7. The lowest BCUT2D eigenvalue weighted by Crippen LogP contribution is -2.34. The van der Waals surface area contributed by atoms with Crippen molar-refractivity contribution in [2.24, 2.45) is 11.8 Å². The van der Waals surface area contributed by atoms with Crippen molar-refractivity contribution in [1.82, 2.24) is 29.5 Å². The minimum absolute atomic E-state index is 0.269. The molecular formula is C61H74N8O9. The van der Waals surface area contributed by atoms with Crippen molar-refractivity contribution < 1.29 is 43.5 Å². The lowest BCUT2D eigenvalue weighted by molar-refractivity contribution is -0.0294. The van der Waals surface area contributed by atoms with Gasteiger partial charge in [-0.3, -0.25) is 9.97 Å². The van der Waals surface area contributed by atoms with Gasteiger partial charge in [0.1, 0.15) is 28.4 Å². The summed E-state index contributed by atoms with van der Waals surface area (Å²) >= 11 is 0. The van der Waals surface area contributed by atoms with E-state index in [1.807, 2.05) is 69.8 Å². The number of hydrogen-bond acceptors (Lipinski definition) is 15. The Labute approximate surface area is 455 Å². The number of piperidine rings is 2. The van der Waals surface area contributed by atoms with Crippen LogP contribution in [-0.4, -0.2) is 114 Å². The van der Waals surface area contributed by atoms with E-state index in [1.54, 1.807) is 58.5 Å². The Bertz CT molecular complexity index is 3290.